The third kappa shape index (κ3) is 7.48. The van der Waals surface area contributed by atoms with Gasteiger partial charge in [-0.15, -0.1) is 0 Å². The Balaban J connectivity index is 0.964. The number of para-hydroxylation sites is 2. The van der Waals surface area contributed by atoms with Gasteiger partial charge >= 0.3 is 0 Å². The number of aryl methyl sites for hydroxylation is 6. The van der Waals surface area contributed by atoms with Crippen molar-refractivity contribution in [2.45, 2.75) is 143 Å². The summed E-state index contributed by atoms with van der Waals surface area (Å²) >= 11 is 0. The summed E-state index contributed by atoms with van der Waals surface area (Å²) in [5, 5.41) is 24.7. The quantitative estimate of drug-likeness (QED) is 0.152. The van der Waals surface area contributed by atoms with Gasteiger partial charge < -0.3 is 19.7 Å². The molecule has 10 rings (SSSR count). The normalized spacial score (nSPS) is 16.6. The van der Waals surface area contributed by atoms with Crippen LogP contribution in [0.25, 0.3) is 44.5 Å². The van der Waals surface area contributed by atoms with Crippen LogP contribution in [0, 0.1) is 13.8 Å². The number of ether oxygens (including phenoxy) is 2. The molecule has 0 radical (unpaired) electrons. The van der Waals surface area contributed by atoms with Crippen LogP contribution in [0.15, 0.2) is 84.9 Å². The van der Waals surface area contributed by atoms with Crippen molar-refractivity contribution in [1.82, 2.24) is 0 Å². The Kier molecular flexibility index (Phi) is 11.1. The molecule has 0 saturated carbocycles. The van der Waals surface area contributed by atoms with E-state index >= 15 is 0 Å². The molecule has 4 aliphatic carbocycles. The topological polar surface area (TPSA) is 58.9 Å². The Morgan fingerprint density at radius 3 is 1.05 bits per heavy atom. The highest BCUT2D eigenvalue weighted by molar-refractivity contribution is 5.90. The van der Waals surface area contributed by atoms with Crippen molar-refractivity contribution in [1.29, 1.82) is 0 Å². The summed E-state index contributed by atoms with van der Waals surface area (Å²) in [7, 11) is 0. The van der Waals surface area contributed by atoms with Crippen LogP contribution >= 0.6 is 0 Å². The van der Waals surface area contributed by atoms with Crippen LogP contribution in [-0.4, -0.2) is 22.4 Å². The van der Waals surface area contributed by atoms with Crippen LogP contribution < -0.4 is 9.47 Å². The van der Waals surface area contributed by atoms with Crippen molar-refractivity contribution in [2.24, 2.45) is 0 Å². The fourth-order valence-electron chi connectivity index (χ4n) is 11.5. The SMILES string of the molecule is Cc1cc(-c2ccccc2O[C@@H](C)[C@@H](C)Oc2ccccc2-c2cc(C)cc(-c3c4c(cc5c3CCCC5)CCCC4)c2O)c(O)c(-c2c3c(cc4c2CCCC4)CCCC3)c1. The average Bonchev–Trinajstić information content (AvgIpc) is 3.29. The summed E-state index contributed by atoms with van der Waals surface area (Å²) in [4.78, 5) is 0. The second kappa shape index (κ2) is 17.0. The summed E-state index contributed by atoms with van der Waals surface area (Å²) < 4.78 is 13.7. The molecule has 0 heterocycles. The Hall–Kier alpha value is -5.48. The number of rotatable bonds is 9. The largest absolute Gasteiger partial charge is 0.507 e. The van der Waals surface area contributed by atoms with Crippen molar-refractivity contribution in [3.05, 3.63) is 141 Å². The molecule has 0 spiro atoms. The van der Waals surface area contributed by atoms with E-state index in [1.807, 2.05) is 36.4 Å². The van der Waals surface area contributed by atoms with Crippen LogP contribution in [0.3, 0.4) is 0 Å². The molecule has 4 aliphatic rings. The molecule has 0 unspecified atom stereocenters. The second-order valence-corrected chi connectivity index (χ2v) is 18.9. The molecule has 6 aromatic carbocycles. The smallest absolute Gasteiger partial charge is 0.132 e. The van der Waals surface area contributed by atoms with Gasteiger partial charge in [-0.05, 0) is 234 Å². The predicted molar refractivity (Wildman–Crippen MR) is 254 cm³/mol. The second-order valence-electron chi connectivity index (χ2n) is 18.9. The zero-order valence-corrected chi connectivity index (χ0v) is 37.3. The Bertz CT molecular complexity index is 2430. The lowest BCUT2D eigenvalue weighted by molar-refractivity contribution is 0.0787. The number of hydrogen-bond donors (Lipinski definition) is 2. The van der Waals surface area contributed by atoms with Crippen molar-refractivity contribution in [3.63, 3.8) is 0 Å². The van der Waals surface area contributed by atoms with Gasteiger partial charge in [0.2, 0.25) is 0 Å². The first-order chi connectivity index (χ1) is 30.2. The van der Waals surface area contributed by atoms with Gasteiger partial charge in [0.25, 0.3) is 0 Å². The first-order valence-electron chi connectivity index (χ1n) is 23.8. The number of benzene rings is 6. The summed E-state index contributed by atoms with van der Waals surface area (Å²) in [5.74, 6) is 2.09. The lowest BCUT2D eigenvalue weighted by Crippen LogP contribution is -2.31. The molecule has 0 aliphatic heterocycles. The summed E-state index contributed by atoms with van der Waals surface area (Å²) in [5.41, 5.74) is 21.8. The average molecular weight is 823 g/mol. The van der Waals surface area contributed by atoms with Crippen LogP contribution in [0.1, 0.15) is 121 Å². The Morgan fingerprint density at radius 1 is 0.387 bits per heavy atom. The fourth-order valence-corrected chi connectivity index (χ4v) is 11.5. The zero-order valence-electron chi connectivity index (χ0n) is 37.3. The minimum Gasteiger partial charge on any atom is -0.507 e. The molecule has 0 amide bonds. The highest BCUT2D eigenvalue weighted by Gasteiger charge is 2.29. The van der Waals surface area contributed by atoms with E-state index in [0.717, 1.165) is 95.9 Å². The lowest BCUT2D eigenvalue weighted by Gasteiger charge is -2.29. The molecule has 0 aromatic heterocycles. The highest BCUT2D eigenvalue weighted by Crippen LogP contribution is 2.50. The number of aromatic hydroxyl groups is 2. The molecule has 6 aromatic rings. The molecule has 62 heavy (non-hydrogen) atoms. The van der Waals surface area contributed by atoms with E-state index in [0.29, 0.717) is 23.0 Å². The van der Waals surface area contributed by atoms with E-state index in [2.05, 4.69) is 76.2 Å². The van der Waals surface area contributed by atoms with Gasteiger partial charge in [0.1, 0.15) is 35.2 Å². The molecular formula is C58H62O4. The Labute approximate surface area is 369 Å². The molecule has 0 saturated heterocycles. The maximum atomic E-state index is 12.4. The van der Waals surface area contributed by atoms with Gasteiger partial charge in [0.15, 0.2) is 0 Å². The van der Waals surface area contributed by atoms with Crippen LogP contribution in [0.5, 0.6) is 23.0 Å². The van der Waals surface area contributed by atoms with E-state index in [-0.39, 0.29) is 12.2 Å². The van der Waals surface area contributed by atoms with Gasteiger partial charge in [-0.2, -0.15) is 0 Å². The van der Waals surface area contributed by atoms with Gasteiger partial charge in [-0.25, -0.2) is 0 Å². The van der Waals surface area contributed by atoms with E-state index in [1.54, 1.807) is 0 Å². The molecule has 2 atom stereocenters. The summed E-state index contributed by atoms with van der Waals surface area (Å²) in [6.07, 6.45) is 17.8. The van der Waals surface area contributed by atoms with Crippen molar-refractivity contribution in [3.8, 4) is 67.5 Å². The highest BCUT2D eigenvalue weighted by atomic mass is 16.5. The first-order valence-corrected chi connectivity index (χ1v) is 23.8. The van der Waals surface area contributed by atoms with E-state index in [9.17, 15) is 10.2 Å². The van der Waals surface area contributed by atoms with Crippen LogP contribution in [-0.2, 0) is 51.4 Å². The number of fused-ring (bicyclic) bond motifs is 4. The first kappa shape index (κ1) is 40.6. The third-order valence-corrected chi connectivity index (χ3v) is 14.6. The molecule has 0 bridgehead atoms. The van der Waals surface area contributed by atoms with Crippen LogP contribution in [0.2, 0.25) is 0 Å². The van der Waals surface area contributed by atoms with E-state index < -0.39 is 0 Å². The number of phenols is 2. The van der Waals surface area contributed by atoms with Crippen molar-refractivity contribution < 1.29 is 19.7 Å². The van der Waals surface area contributed by atoms with Crippen molar-refractivity contribution in [2.75, 3.05) is 0 Å². The molecule has 318 valence electrons. The molecule has 2 N–H and O–H groups in total. The maximum absolute atomic E-state index is 12.4. The zero-order chi connectivity index (χ0) is 42.5. The minimum absolute atomic E-state index is 0.332. The fraction of sp³-hybridized carbons (Fsp3) is 0.379. The number of hydrogen-bond acceptors (Lipinski definition) is 4. The van der Waals surface area contributed by atoms with Crippen LogP contribution in [0.4, 0.5) is 0 Å². The van der Waals surface area contributed by atoms with Crippen molar-refractivity contribution >= 4 is 0 Å². The summed E-state index contributed by atoms with van der Waals surface area (Å²) in [6.45, 7) is 8.39. The maximum Gasteiger partial charge on any atom is 0.132 e. The van der Waals surface area contributed by atoms with Gasteiger partial charge in [-0.3, -0.25) is 0 Å². The lowest BCUT2D eigenvalue weighted by atomic mass is 9.76. The van der Waals surface area contributed by atoms with E-state index in [4.69, 9.17) is 9.47 Å². The van der Waals surface area contributed by atoms with Gasteiger partial charge in [0, 0.05) is 33.4 Å². The predicted octanol–water partition coefficient (Wildman–Crippen LogP) is 14.1. The van der Waals surface area contributed by atoms with Gasteiger partial charge in [-0.1, -0.05) is 48.5 Å². The molecule has 0 fully saturated rings. The summed E-state index contributed by atoms with van der Waals surface area (Å²) in [6, 6.07) is 29.8. The third-order valence-electron chi connectivity index (χ3n) is 14.6. The monoisotopic (exact) mass is 822 g/mol. The minimum atomic E-state index is -0.340. The van der Waals surface area contributed by atoms with Gasteiger partial charge in [0.05, 0.1) is 0 Å². The Morgan fingerprint density at radius 2 is 0.694 bits per heavy atom. The molecule has 4 heteroatoms. The van der Waals surface area contributed by atoms with E-state index in [1.165, 1.54) is 107 Å². The standard InChI is InChI=1S/C58H62O4/c1-35-29-49(57(59)51(31-35)55-43-21-9-5-17-39(43)33-40-18-6-10-22-44(40)55)47-25-13-15-27-53(47)61-37(3)38(4)62-54-28-16-14-26-48(54)50-30-36(2)32-52(58(50)60)56-45-23-11-7-19-41(45)34-42-20-8-12-24-46(42)56/h13-16,25-34,37-38,59-60H,5-12,17-24H2,1-4H3/t37-,38+. The molecule has 4 nitrogen and oxygen atoms in total. The molecular weight excluding hydrogens is 761 g/mol. The number of phenolic OH excluding ortho intramolecular Hbond substituents is 2.